The molecular weight excluding hydrogens is 358 g/mol. The second-order valence-corrected chi connectivity index (χ2v) is 7.26. The first-order valence-corrected chi connectivity index (χ1v) is 9.29. The lowest BCUT2D eigenvalue weighted by molar-refractivity contribution is -0.120. The van der Waals surface area contributed by atoms with E-state index in [1.807, 2.05) is 13.8 Å². The molecule has 0 aliphatic rings. The van der Waals surface area contributed by atoms with Crippen LogP contribution in [-0.4, -0.2) is 37.9 Å². The molecule has 26 heavy (non-hydrogen) atoms. The maximum Gasteiger partial charge on any atom is 0.245 e. The summed E-state index contributed by atoms with van der Waals surface area (Å²) < 4.78 is 31.8. The summed E-state index contributed by atoms with van der Waals surface area (Å²) in [5.74, 6) is 0.0884. The molecule has 0 unspecified atom stereocenters. The number of anilines is 1. The van der Waals surface area contributed by atoms with Crippen molar-refractivity contribution in [2.45, 2.75) is 25.2 Å². The standard InChI is InChI=1S/C16H21N5O4S/c1-11-4-5-13(10-12(11)2)26(23,24)18-9-6-14(22)20-21-16-17-8-7-15(19-16)25-3/h4-5,7-8,10,18H,6,9H2,1-3H3,(H,20,22)(H,17,19,21). The number of hydrogen-bond acceptors (Lipinski definition) is 7. The number of rotatable bonds is 8. The van der Waals surface area contributed by atoms with Crippen LogP contribution in [0, 0.1) is 13.8 Å². The minimum Gasteiger partial charge on any atom is -0.481 e. The Morgan fingerprint density at radius 2 is 1.96 bits per heavy atom. The van der Waals surface area contributed by atoms with Gasteiger partial charge in [-0.2, -0.15) is 4.98 Å². The van der Waals surface area contributed by atoms with Crippen molar-refractivity contribution in [3.05, 3.63) is 41.6 Å². The minimum atomic E-state index is -3.66. The van der Waals surface area contributed by atoms with Crippen LogP contribution in [0.15, 0.2) is 35.4 Å². The van der Waals surface area contributed by atoms with Gasteiger partial charge in [-0.3, -0.25) is 15.6 Å². The number of amides is 1. The Hall–Kier alpha value is -2.72. The summed E-state index contributed by atoms with van der Waals surface area (Å²) in [5, 5.41) is 0. The third-order valence-corrected chi connectivity index (χ3v) is 5.04. The van der Waals surface area contributed by atoms with E-state index in [1.54, 1.807) is 18.2 Å². The highest BCUT2D eigenvalue weighted by Crippen LogP contribution is 2.14. The van der Waals surface area contributed by atoms with Crippen LogP contribution in [0.2, 0.25) is 0 Å². The molecule has 0 fully saturated rings. The molecule has 0 spiro atoms. The average Bonchev–Trinajstić information content (AvgIpc) is 2.62. The Bertz CT molecular complexity index is 886. The first kappa shape index (κ1) is 19.6. The van der Waals surface area contributed by atoms with E-state index in [0.29, 0.717) is 5.88 Å². The van der Waals surface area contributed by atoms with Crippen molar-refractivity contribution >= 4 is 21.9 Å². The molecule has 3 N–H and O–H groups in total. The largest absolute Gasteiger partial charge is 0.481 e. The van der Waals surface area contributed by atoms with E-state index in [0.717, 1.165) is 11.1 Å². The Morgan fingerprint density at radius 3 is 2.65 bits per heavy atom. The molecule has 1 heterocycles. The monoisotopic (exact) mass is 379 g/mol. The van der Waals surface area contributed by atoms with Gasteiger partial charge in [-0.15, -0.1) is 0 Å². The summed E-state index contributed by atoms with van der Waals surface area (Å²) in [6.07, 6.45) is 1.42. The zero-order valence-electron chi connectivity index (χ0n) is 14.7. The first-order chi connectivity index (χ1) is 12.3. The Labute approximate surface area is 152 Å². The number of aryl methyl sites for hydroxylation is 2. The molecule has 0 atom stereocenters. The van der Waals surface area contributed by atoms with Crippen LogP contribution < -0.4 is 20.3 Å². The summed E-state index contributed by atoms with van der Waals surface area (Å²) in [6.45, 7) is 3.71. The number of benzene rings is 1. The smallest absolute Gasteiger partial charge is 0.245 e. The van der Waals surface area contributed by atoms with Crippen LogP contribution in [0.3, 0.4) is 0 Å². The molecule has 9 nitrogen and oxygen atoms in total. The van der Waals surface area contributed by atoms with Crippen molar-refractivity contribution in [2.75, 3.05) is 19.1 Å². The van der Waals surface area contributed by atoms with Gasteiger partial charge < -0.3 is 4.74 Å². The second kappa shape index (κ2) is 8.59. The number of ether oxygens (including phenoxy) is 1. The molecule has 2 rings (SSSR count). The maximum atomic E-state index is 12.2. The fraction of sp³-hybridized carbons (Fsp3) is 0.312. The van der Waals surface area contributed by atoms with Crippen LogP contribution in [0.4, 0.5) is 5.95 Å². The van der Waals surface area contributed by atoms with Crippen LogP contribution >= 0.6 is 0 Å². The fourth-order valence-electron chi connectivity index (χ4n) is 1.97. The number of aromatic nitrogens is 2. The summed E-state index contributed by atoms with van der Waals surface area (Å²) in [6, 6.07) is 6.44. The van der Waals surface area contributed by atoms with Gasteiger partial charge in [0.05, 0.1) is 12.0 Å². The van der Waals surface area contributed by atoms with E-state index in [2.05, 4.69) is 25.5 Å². The van der Waals surface area contributed by atoms with Crippen LogP contribution in [0.1, 0.15) is 17.5 Å². The first-order valence-electron chi connectivity index (χ1n) is 7.80. The molecule has 2 aromatic rings. The van der Waals surface area contributed by atoms with E-state index >= 15 is 0 Å². The van der Waals surface area contributed by atoms with Gasteiger partial charge in [0.15, 0.2) is 0 Å². The molecule has 0 aliphatic heterocycles. The zero-order chi connectivity index (χ0) is 19.2. The number of carbonyl (C=O) groups excluding carboxylic acids is 1. The number of carbonyl (C=O) groups is 1. The fourth-order valence-corrected chi connectivity index (χ4v) is 3.08. The van der Waals surface area contributed by atoms with E-state index in [9.17, 15) is 13.2 Å². The minimum absolute atomic E-state index is 0.0399. The third kappa shape index (κ3) is 5.39. The van der Waals surface area contributed by atoms with E-state index in [4.69, 9.17) is 4.74 Å². The predicted molar refractivity (Wildman–Crippen MR) is 96.1 cm³/mol. The second-order valence-electron chi connectivity index (χ2n) is 5.49. The van der Waals surface area contributed by atoms with Crippen LogP contribution in [0.5, 0.6) is 5.88 Å². The van der Waals surface area contributed by atoms with E-state index in [-0.39, 0.29) is 23.8 Å². The van der Waals surface area contributed by atoms with Crippen LogP contribution in [0.25, 0.3) is 0 Å². The number of methoxy groups -OCH3 is 1. The predicted octanol–water partition coefficient (Wildman–Crippen LogP) is 0.914. The van der Waals surface area contributed by atoms with Crippen molar-refractivity contribution in [1.82, 2.24) is 20.1 Å². The van der Waals surface area contributed by atoms with Gasteiger partial charge in [0.2, 0.25) is 27.8 Å². The molecule has 0 saturated carbocycles. The van der Waals surface area contributed by atoms with Crippen molar-refractivity contribution in [2.24, 2.45) is 0 Å². The van der Waals surface area contributed by atoms with Crippen molar-refractivity contribution in [3.8, 4) is 5.88 Å². The van der Waals surface area contributed by atoms with Gasteiger partial charge in [-0.25, -0.2) is 18.1 Å². The normalized spacial score (nSPS) is 11.0. The Balaban J connectivity index is 1.82. The molecule has 10 heteroatoms. The van der Waals surface area contributed by atoms with Gasteiger partial charge in [-0.05, 0) is 37.1 Å². The zero-order valence-corrected chi connectivity index (χ0v) is 15.6. The summed E-state index contributed by atoms with van der Waals surface area (Å²) >= 11 is 0. The lowest BCUT2D eigenvalue weighted by Crippen LogP contribution is -2.34. The topological polar surface area (TPSA) is 122 Å². The highest BCUT2D eigenvalue weighted by atomic mass is 32.2. The summed E-state index contributed by atoms with van der Waals surface area (Å²) in [5.41, 5.74) is 6.81. The molecular formula is C16H21N5O4S. The van der Waals surface area contributed by atoms with Crippen molar-refractivity contribution in [1.29, 1.82) is 0 Å². The number of sulfonamides is 1. The van der Waals surface area contributed by atoms with Gasteiger partial charge in [0, 0.05) is 25.2 Å². The summed E-state index contributed by atoms with van der Waals surface area (Å²) in [7, 11) is -2.20. The number of nitrogens with one attached hydrogen (secondary N) is 3. The SMILES string of the molecule is COc1ccnc(NNC(=O)CCNS(=O)(=O)c2ccc(C)c(C)c2)n1. The lowest BCUT2D eigenvalue weighted by atomic mass is 10.1. The molecule has 1 amide bonds. The van der Waals surface area contributed by atoms with E-state index < -0.39 is 15.9 Å². The number of nitrogens with zero attached hydrogens (tertiary/aromatic N) is 2. The number of hydrazine groups is 1. The van der Waals surface area contributed by atoms with Crippen molar-refractivity contribution in [3.63, 3.8) is 0 Å². The van der Waals surface area contributed by atoms with Gasteiger partial charge >= 0.3 is 0 Å². The average molecular weight is 379 g/mol. The molecule has 1 aromatic carbocycles. The third-order valence-electron chi connectivity index (χ3n) is 3.59. The Morgan fingerprint density at radius 1 is 1.19 bits per heavy atom. The highest BCUT2D eigenvalue weighted by molar-refractivity contribution is 7.89. The van der Waals surface area contributed by atoms with Gasteiger partial charge in [0.1, 0.15) is 0 Å². The molecule has 0 bridgehead atoms. The summed E-state index contributed by atoms with van der Waals surface area (Å²) in [4.78, 5) is 19.8. The molecule has 0 aliphatic carbocycles. The maximum absolute atomic E-state index is 12.2. The lowest BCUT2D eigenvalue weighted by Gasteiger charge is -2.10. The quantitative estimate of drug-likeness (QED) is 0.583. The molecule has 140 valence electrons. The van der Waals surface area contributed by atoms with Gasteiger partial charge in [0.25, 0.3) is 0 Å². The Kier molecular flexibility index (Phi) is 6.47. The highest BCUT2D eigenvalue weighted by Gasteiger charge is 2.15. The number of hydrogen-bond donors (Lipinski definition) is 3. The van der Waals surface area contributed by atoms with Gasteiger partial charge in [-0.1, -0.05) is 6.07 Å². The molecule has 0 saturated heterocycles. The van der Waals surface area contributed by atoms with E-state index in [1.165, 1.54) is 19.4 Å². The molecule has 0 radical (unpaired) electrons. The molecule has 1 aromatic heterocycles. The van der Waals surface area contributed by atoms with Crippen molar-refractivity contribution < 1.29 is 17.9 Å². The van der Waals surface area contributed by atoms with Crippen LogP contribution in [-0.2, 0) is 14.8 Å².